The molecule has 21 heavy (non-hydrogen) atoms. The molecule has 0 aliphatic rings. The topological polar surface area (TPSA) is 87.1 Å². The minimum absolute atomic E-state index is 0.0105. The Bertz CT molecular complexity index is 553. The molecular formula is C14H18ClNO5. The highest BCUT2D eigenvalue weighted by Crippen LogP contribution is 2.29. The Morgan fingerprint density at radius 2 is 1.90 bits per heavy atom. The van der Waals surface area contributed by atoms with Gasteiger partial charge in [-0.05, 0) is 38.5 Å². The molecule has 1 aromatic rings. The molecule has 0 aliphatic carbocycles. The van der Waals surface area contributed by atoms with Gasteiger partial charge >= 0.3 is 12.1 Å². The molecule has 2 N–H and O–H groups in total. The lowest BCUT2D eigenvalue weighted by Crippen LogP contribution is -2.39. The number of aliphatic carboxylic acids is 1. The van der Waals surface area contributed by atoms with E-state index in [0.717, 1.165) is 4.90 Å². The summed E-state index contributed by atoms with van der Waals surface area (Å²) >= 11 is 5.78. The van der Waals surface area contributed by atoms with Crippen molar-refractivity contribution in [2.24, 2.45) is 0 Å². The third kappa shape index (κ3) is 4.53. The van der Waals surface area contributed by atoms with Crippen molar-refractivity contribution in [3.63, 3.8) is 0 Å². The summed E-state index contributed by atoms with van der Waals surface area (Å²) in [5.41, 5.74) is -0.472. The third-order valence-electron chi connectivity index (χ3n) is 2.59. The summed E-state index contributed by atoms with van der Waals surface area (Å²) in [6.45, 7) is 5.06. The maximum absolute atomic E-state index is 12.0. The van der Waals surface area contributed by atoms with Crippen molar-refractivity contribution in [2.75, 3.05) is 7.05 Å². The first-order chi connectivity index (χ1) is 9.53. The second-order valence-electron chi connectivity index (χ2n) is 5.54. The van der Waals surface area contributed by atoms with Crippen LogP contribution in [-0.2, 0) is 9.53 Å². The number of phenolic OH excluding ortho intramolecular Hbond substituents is 1. The number of hydrogen-bond acceptors (Lipinski definition) is 4. The molecule has 0 fully saturated rings. The lowest BCUT2D eigenvalue weighted by Gasteiger charge is -2.28. The molecule has 116 valence electrons. The van der Waals surface area contributed by atoms with E-state index < -0.39 is 23.7 Å². The minimum Gasteiger partial charge on any atom is -0.506 e. The number of likely N-dealkylation sites (N-methyl/N-ethyl adjacent to an activating group) is 1. The van der Waals surface area contributed by atoms with Crippen LogP contribution in [0.25, 0.3) is 0 Å². The Kier molecular flexibility index (Phi) is 5.06. The number of carboxylic acid groups (broad SMARTS) is 1. The molecule has 0 radical (unpaired) electrons. The van der Waals surface area contributed by atoms with Crippen molar-refractivity contribution in [2.45, 2.75) is 32.4 Å². The van der Waals surface area contributed by atoms with E-state index >= 15 is 0 Å². The van der Waals surface area contributed by atoms with Gasteiger partial charge in [-0.25, -0.2) is 9.59 Å². The van der Waals surface area contributed by atoms with Gasteiger partial charge in [0.1, 0.15) is 11.4 Å². The van der Waals surface area contributed by atoms with Crippen LogP contribution in [0, 0.1) is 0 Å². The average molecular weight is 316 g/mol. The number of carboxylic acids is 1. The van der Waals surface area contributed by atoms with Gasteiger partial charge < -0.3 is 14.9 Å². The largest absolute Gasteiger partial charge is 0.506 e. The molecule has 0 heterocycles. The molecule has 0 saturated heterocycles. The van der Waals surface area contributed by atoms with E-state index in [1.54, 1.807) is 20.8 Å². The summed E-state index contributed by atoms with van der Waals surface area (Å²) in [6.07, 6.45) is -0.765. The quantitative estimate of drug-likeness (QED) is 0.895. The highest BCUT2D eigenvalue weighted by molar-refractivity contribution is 6.32. The summed E-state index contributed by atoms with van der Waals surface area (Å²) in [5, 5.41) is 18.7. The van der Waals surface area contributed by atoms with Crippen LogP contribution in [0.1, 0.15) is 32.4 Å². The molecule has 0 aromatic heterocycles. The number of hydrogen-bond donors (Lipinski definition) is 2. The first kappa shape index (κ1) is 17.1. The number of amides is 1. The van der Waals surface area contributed by atoms with Crippen LogP contribution < -0.4 is 0 Å². The zero-order valence-electron chi connectivity index (χ0n) is 12.3. The van der Waals surface area contributed by atoms with Crippen molar-refractivity contribution < 1.29 is 24.5 Å². The number of aromatic hydroxyl groups is 1. The maximum atomic E-state index is 12.0. The molecule has 1 unspecified atom stereocenters. The van der Waals surface area contributed by atoms with E-state index in [1.165, 1.54) is 25.2 Å². The molecular weight excluding hydrogens is 298 g/mol. The maximum Gasteiger partial charge on any atom is 0.411 e. The Labute approximate surface area is 127 Å². The van der Waals surface area contributed by atoms with Crippen LogP contribution in [0.5, 0.6) is 5.75 Å². The molecule has 1 amide bonds. The average Bonchev–Trinajstić information content (AvgIpc) is 2.31. The van der Waals surface area contributed by atoms with Crippen LogP contribution in [-0.4, -0.2) is 39.8 Å². The highest BCUT2D eigenvalue weighted by atomic mass is 35.5. The molecule has 0 bridgehead atoms. The van der Waals surface area contributed by atoms with Crippen molar-refractivity contribution in [1.29, 1.82) is 0 Å². The predicted molar refractivity (Wildman–Crippen MR) is 77.5 cm³/mol. The van der Waals surface area contributed by atoms with E-state index in [1.807, 2.05) is 0 Å². The first-order valence-corrected chi connectivity index (χ1v) is 6.58. The lowest BCUT2D eigenvalue weighted by molar-refractivity contribution is -0.142. The highest BCUT2D eigenvalue weighted by Gasteiger charge is 2.31. The second-order valence-corrected chi connectivity index (χ2v) is 5.95. The number of phenols is 1. The zero-order chi connectivity index (χ0) is 16.4. The fraction of sp³-hybridized carbons (Fsp3) is 0.429. The van der Waals surface area contributed by atoms with Gasteiger partial charge in [-0.15, -0.1) is 0 Å². The predicted octanol–water partition coefficient (Wildman–Crippen LogP) is 3.04. The lowest BCUT2D eigenvalue weighted by atomic mass is 10.1. The van der Waals surface area contributed by atoms with Crippen molar-refractivity contribution in [1.82, 2.24) is 4.90 Å². The number of benzene rings is 1. The van der Waals surface area contributed by atoms with Gasteiger partial charge in [0.15, 0.2) is 6.04 Å². The normalized spacial score (nSPS) is 12.6. The van der Waals surface area contributed by atoms with Crippen LogP contribution >= 0.6 is 11.6 Å². The molecule has 1 aromatic carbocycles. The Hall–Kier alpha value is -1.95. The van der Waals surface area contributed by atoms with Gasteiger partial charge in [-0.3, -0.25) is 4.90 Å². The summed E-state index contributed by atoms with van der Waals surface area (Å²) < 4.78 is 5.15. The molecule has 1 atom stereocenters. The van der Waals surface area contributed by atoms with Crippen LogP contribution in [0.15, 0.2) is 18.2 Å². The van der Waals surface area contributed by atoms with E-state index in [-0.39, 0.29) is 16.3 Å². The summed E-state index contributed by atoms with van der Waals surface area (Å²) in [5.74, 6) is -1.39. The number of halogens is 1. The van der Waals surface area contributed by atoms with E-state index in [0.29, 0.717) is 0 Å². The van der Waals surface area contributed by atoms with Gasteiger partial charge in [0, 0.05) is 7.05 Å². The van der Waals surface area contributed by atoms with Gasteiger partial charge in [0.25, 0.3) is 0 Å². The van der Waals surface area contributed by atoms with Gasteiger partial charge in [-0.1, -0.05) is 17.7 Å². The van der Waals surface area contributed by atoms with E-state index in [9.17, 15) is 19.8 Å². The van der Waals surface area contributed by atoms with Crippen LogP contribution in [0.4, 0.5) is 4.79 Å². The monoisotopic (exact) mass is 315 g/mol. The zero-order valence-corrected chi connectivity index (χ0v) is 13.0. The number of carbonyl (C=O) groups is 2. The molecule has 6 nitrogen and oxygen atoms in total. The Balaban J connectivity index is 3.09. The van der Waals surface area contributed by atoms with Crippen LogP contribution in [0.2, 0.25) is 5.02 Å². The van der Waals surface area contributed by atoms with E-state index in [4.69, 9.17) is 16.3 Å². The minimum atomic E-state index is -1.27. The van der Waals surface area contributed by atoms with Crippen molar-refractivity contribution in [3.05, 3.63) is 28.8 Å². The fourth-order valence-corrected chi connectivity index (χ4v) is 1.85. The SMILES string of the molecule is CN(C(=O)OC(C)(C)C)C(C(=O)O)c1ccc(O)c(Cl)c1. The number of ether oxygens (including phenoxy) is 1. The summed E-state index contributed by atoms with van der Waals surface area (Å²) in [7, 11) is 1.33. The van der Waals surface area contributed by atoms with Gasteiger partial charge in [-0.2, -0.15) is 0 Å². The first-order valence-electron chi connectivity index (χ1n) is 6.20. The molecule has 0 spiro atoms. The standard InChI is InChI=1S/C14H18ClNO5/c1-14(2,3)21-13(20)16(4)11(12(18)19)8-5-6-10(17)9(15)7-8/h5-7,11,17H,1-4H3,(H,18,19). The van der Waals surface area contributed by atoms with Gasteiger partial charge in [0.2, 0.25) is 0 Å². The summed E-state index contributed by atoms with van der Waals surface area (Å²) in [6, 6.07) is 2.70. The smallest absolute Gasteiger partial charge is 0.411 e. The number of nitrogens with zero attached hydrogens (tertiary/aromatic N) is 1. The third-order valence-corrected chi connectivity index (χ3v) is 2.89. The fourth-order valence-electron chi connectivity index (χ4n) is 1.66. The van der Waals surface area contributed by atoms with Crippen molar-refractivity contribution in [3.8, 4) is 5.75 Å². The molecule has 0 aliphatic heterocycles. The van der Waals surface area contributed by atoms with Crippen molar-refractivity contribution >= 4 is 23.7 Å². The van der Waals surface area contributed by atoms with Crippen LogP contribution in [0.3, 0.4) is 0 Å². The Morgan fingerprint density at radius 1 is 1.33 bits per heavy atom. The molecule has 0 saturated carbocycles. The van der Waals surface area contributed by atoms with Gasteiger partial charge in [0.05, 0.1) is 5.02 Å². The van der Waals surface area contributed by atoms with E-state index in [2.05, 4.69) is 0 Å². The second kappa shape index (κ2) is 6.22. The number of carbonyl (C=O) groups excluding carboxylic acids is 1. The summed E-state index contributed by atoms with van der Waals surface area (Å²) in [4.78, 5) is 24.4. The Morgan fingerprint density at radius 3 is 2.33 bits per heavy atom. The number of rotatable bonds is 3. The molecule has 7 heteroatoms. The molecule has 1 rings (SSSR count).